The molecule has 0 unspecified atom stereocenters. The third-order valence-corrected chi connectivity index (χ3v) is 2.95. The van der Waals surface area contributed by atoms with Gasteiger partial charge in [-0.25, -0.2) is 4.39 Å². The van der Waals surface area contributed by atoms with Gasteiger partial charge in [0.15, 0.2) is 0 Å². The van der Waals surface area contributed by atoms with E-state index in [9.17, 15) is 14.5 Å². The van der Waals surface area contributed by atoms with E-state index in [1.807, 2.05) is 0 Å². The number of para-hydroxylation sites is 1. The highest BCUT2D eigenvalue weighted by Crippen LogP contribution is 2.38. The molecule has 0 atom stereocenters. The Morgan fingerprint density at radius 1 is 1.32 bits per heavy atom. The quantitative estimate of drug-likeness (QED) is 0.584. The molecule has 0 aliphatic rings. The SMILES string of the molecule is O=[N+]([O-])c1cccc(Cl)c1Oc1cc(F)cc(Br)c1. The first-order chi connectivity index (χ1) is 8.97. The number of nitro benzene ring substituents is 1. The lowest BCUT2D eigenvalue weighted by Crippen LogP contribution is -1.94. The van der Waals surface area contributed by atoms with Gasteiger partial charge in [-0.15, -0.1) is 0 Å². The van der Waals surface area contributed by atoms with Crippen LogP contribution in [0.1, 0.15) is 0 Å². The van der Waals surface area contributed by atoms with Gasteiger partial charge in [-0.3, -0.25) is 10.1 Å². The minimum Gasteiger partial charge on any atom is -0.448 e. The summed E-state index contributed by atoms with van der Waals surface area (Å²) in [5, 5.41) is 11.0. The molecule has 0 spiro atoms. The molecule has 0 N–H and O–H groups in total. The van der Waals surface area contributed by atoms with Gasteiger partial charge in [0, 0.05) is 16.6 Å². The number of nitrogens with zero attached hydrogens (tertiary/aromatic N) is 1. The van der Waals surface area contributed by atoms with Crippen LogP contribution < -0.4 is 4.74 Å². The molecule has 2 aromatic rings. The van der Waals surface area contributed by atoms with E-state index in [2.05, 4.69) is 15.9 Å². The third-order valence-electron chi connectivity index (χ3n) is 2.20. The summed E-state index contributed by atoms with van der Waals surface area (Å²) in [6.45, 7) is 0. The van der Waals surface area contributed by atoms with Crippen LogP contribution in [0.2, 0.25) is 5.02 Å². The Morgan fingerprint density at radius 3 is 2.68 bits per heavy atom. The Kier molecular flexibility index (Phi) is 4.01. The molecule has 0 saturated heterocycles. The molecule has 0 radical (unpaired) electrons. The second-order valence-electron chi connectivity index (χ2n) is 3.55. The number of halogens is 3. The zero-order valence-electron chi connectivity index (χ0n) is 9.27. The fourth-order valence-corrected chi connectivity index (χ4v) is 2.10. The van der Waals surface area contributed by atoms with Gasteiger partial charge in [0.25, 0.3) is 0 Å². The molecular formula is C12H6BrClFNO3. The molecule has 0 aromatic heterocycles. The molecule has 0 bridgehead atoms. The van der Waals surface area contributed by atoms with Crippen molar-refractivity contribution in [2.45, 2.75) is 0 Å². The molecule has 0 aliphatic heterocycles. The first-order valence-electron chi connectivity index (χ1n) is 5.04. The Hall–Kier alpha value is -1.66. The largest absolute Gasteiger partial charge is 0.448 e. The molecular weight excluding hydrogens is 340 g/mol. The van der Waals surface area contributed by atoms with Crippen molar-refractivity contribution >= 4 is 33.2 Å². The fraction of sp³-hybridized carbons (Fsp3) is 0. The van der Waals surface area contributed by atoms with E-state index in [-0.39, 0.29) is 22.2 Å². The highest BCUT2D eigenvalue weighted by atomic mass is 79.9. The summed E-state index contributed by atoms with van der Waals surface area (Å²) in [6, 6.07) is 7.99. The monoisotopic (exact) mass is 345 g/mol. The van der Waals surface area contributed by atoms with Gasteiger partial charge in [0.05, 0.1) is 9.95 Å². The topological polar surface area (TPSA) is 52.4 Å². The van der Waals surface area contributed by atoms with Crippen LogP contribution in [-0.4, -0.2) is 4.92 Å². The number of ether oxygens (including phenoxy) is 1. The number of hydrogen-bond acceptors (Lipinski definition) is 3. The summed E-state index contributed by atoms with van der Waals surface area (Å²) < 4.78 is 19.0. The summed E-state index contributed by atoms with van der Waals surface area (Å²) >= 11 is 8.97. The second kappa shape index (κ2) is 5.54. The van der Waals surface area contributed by atoms with E-state index in [0.717, 1.165) is 6.07 Å². The predicted octanol–water partition coefficient (Wildman–Crippen LogP) is 4.94. The normalized spacial score (nSPS) is 10.3. The maximum absolute atomic E-state index is 13.2. The van der Waals surface area contributed by atoms with E-state index in [4.69, 9.17) is 16.3 Å². The van der Waals surface area contributed by atoms with Gasteiger partial charge in [-0.2, -0.15) is 0 Å². The zero-order valence-corrected chi connectivity index (χ0v) is 11.6. The molecule has 4 nitrogen and oxygen atoms in total. The van der Waals surface area contributed by atoms with Crippen LogP contribution in [0.15, 0.2) is 40.9 Å². The summed E-state index contributed by atoms with van der Waals surface area (Å²) in [6.07, 6.45) is 0. The average molecular weight is 347 g/mol. The van der Waals surface area contributed by atoms with Crippen LogP contribution in [0, 0.1) is 15.9 Å². The van der Waals surface area contributed by atoms with E-state index in [1.54, 1.807) is 0 Å². The predicted molar refractivity (Wildman–Crippen MR) is 72.3 cm³/mol. The Morgan fingerprint density at radius 2 is 2.05 bits per heavy atom. The highest BCUT2D eigenvalue weighted by molar-refractivity contribution is 9.10. The molecule has 0 fully saturated rings. The van der Waals surface area contributed by atoms with Crippen molar-refractivity contribution in [2.75, 3.05) is 0 Å². The molecule has 19 heavy (non-hydrogen) atoms. The average Bonchev–Trinajstić information content (AvgIpc) is 2.30. The van der Waals surface area contributed by atoms with Gasteiger partial charge < -0.3 is 4.74 Å². The first kappa shape index (κ1) is 13.8. The molecule has 0 amide bonds. The van der Waals surface area contributed by atoms with E-state index in [1.165, 1.54) is 30.3 Å². The lowest BCUT2D eigenvalue weighted by Gasteiger charge is -2.08. The van der Waals surface area contributed by atoms with Gasteiger partial charge in [0.1, 0.15) is 11.6 Å². The number of nitro groups is 1. The minimum absolute atomic E-state index is 0.0783. The van der Waals surface area contributed by atoms with Crippen LogP contribution in [0.3, 0.4) is 0 Å². The zero-order chi connectivity index (χ0) is 14.0. The van der Waals surface area contributed by atoms with Crippen molar-refractivity contribution in [3.8, 4) is 11.5 Å². The lowest BCUT2D eigenvalue weighted by atomic mass is 10.3. The molecule has 0 aliphatic carbocycles. The Labute approximate surface area is 121 Å². The molecule has 2 aromatic carbocycles. The number of benzene rings is 2. The van der Waals surface area contributed by atoms with Crippen molar-refractivity contribution in [1.82, 2.24) is 0 Å². The molecule has 0 saturated carbocycles. The highest BCUT2D eigenvalue weighted by Gasteiger charge is 2.19. The smallest absolute Gasteiger partial charge is 0.313 e. The van der Waals surface area contributed by atoms with E-state index in [0.29, 0.717) is 4.47 Å². The molecule has 2 rings (SSSR count). The maximum Gasteiger partial charge on any atom is 0.313 e. The van der Waals surface area contributed by atoms with Crippen LogP contribution in [0.4, 0.5) is 10.1 Å². The van der Waals surface area contributed by atoms with Crippen molar-refractivity contribution in [3.05, 3.63) is 61.8 Å². The van der Waals surface area contributed by atoms with Crippen molar-refractivity contribution in [3.63, 3.8) is 0 Å². The molecule has 7 heteroatoms. The van der Waals surface area contributed by atoms with Gasteiger partial charge >= 0.3 is 5.69 Å². The third kappa shape index (κ3) is 3.21. The molecule has 98 valence electrons. The summed E-state index contributed by atoms with van der Waals surface area (Å²) in [5.41, 5.74) is -0.284. The maximum atomic E-state index is 13.2. The van der Waals surface area contributed by atoms with Crippen molar-refractivity contribution < 1.29 is 14.1 Å². The van der Waals surface area contributed by atoms with Crippen LogP contribution >= 0.6 is 27.5 Å². The molecule has 0 heterocycles. The van der Waals surface area contributed by atoms with Gasteiger partial charge in [-0.1, -0.05) is 33.6 Å². The van der Waals surface area contributed by atoms with Gasteiger partial charge in [0.2, 0.25) is 5.75 Å². The van der Waals surface area contributed by atoms with E-state index < -0.39 is 10.7 Å². The van der Waals surface area contributed by atoms with Crippen molar-refractivity contribution in [1.29, 1.82) is 0 Å². The van der Waals surface area contributed by atoms with Crippen molar-refractivity contribution in [2.24, 2.45) is 0 Å². The fourth-order valence-electron chi connectivity index (χ4n) is 1.45. The minimum atomic E-state index is -0.616. The van der Waals surface area contributed by atoms with E-state index >= 15 is 0 Å². The van der Waals surface area contributed by atoms with Crippen LogP contribution in [0.25, 0.3) is 0 Å². The van der Waals surface area contributed by atoms with Gasteiger partial charge in [-0.05, 0) is 18.2 Å². The number of rotatable bonds is 3. The first-order valence-corrected chi connectivity index (χ1v) is 6.21. The Balaban J connectivity index is 2.45. The van der Waals surface area contributed by atoms with Crippen LogP contribution in [0.5, 0.6) is 11.5 Å². The lowest BCUT2D eigenvalue weighted by molar-refractivity contribution is -0.385. The summed E-state index contributed by atoms with van der Waals surface area (Å²) in [4.78, 5) is 10.3. The van der Waals surface area contributed by atoms with Crippen LogP contribution in [-0.2, 0) is 0 Å². The summed E-state index contributed by atoms with van der Waals surface area (Å²) in [7, 11) is 0. The Bertz CT molecular complexity index is 631. The second-order valence-corrected chi connectivity index (χ2v) is 4.88. The standard InChI is InChI=1S/C12H6BrClFNO3/c13-7-4-8(15)6-9(5-7)19-12-10(14)2-1-3-11(12)16(17)18/h1-6H. The summed E-state index contributed by atoms with van der Waals surface area (Å²) in [5.74, 6) is -0.533. The number of hydrogen-bond donors (Lipinski definition) is 0.